The van der Waals surface area contributed by atoms with Crippen LogP contribution < -0.4 is 15.8 Å². The van der Waals surface area contributed by atoms with E-state index in [9.17, 15) is 4.79 Å². The van der Waals surface area contributed by atoms with Gasteiger partial charge in [-0.25, -0.2) is 0 Å². The van der Waals surface area contributed by atoms with E-state index in [1.54, 1.807) is 0 Å². The summed E-state index contributed by atoms with van der Waals surface area (Å²) in [6.07, 6.45) is 6.12. The molecular formula is C19H29ClN2O2. The molecule has 1 aromatic rings. The van der Waals surface area contributed by atoms with Crippen LogP contribution in [-0.4, -0.2) is 17.6 Å². The smallest absolute Gasteiger partial charge is 0.237 e. The SMILES string of the molecule is CC(C)C[C@H](N)C(=O)NC1CC2(CCCC2)Oc2ccccc21.Cl. The Balaban J connectivity index is 0.00000208. The fourth-order valence-electron chi connectivity index (χ4n) is 3.97. The first-order chi connectivity index (χ1) is 11.0. The summed E-state index contributed by atoms with van der Waals surface area (Å²) >= 11 is 0. The summed E-state index contributed by atoms with van der Waals surface area (Å²) in [7, 11) is 0. The number of carbonyl (C=O) groups is 1. The molecule has 1 aliphatic carbocycles. The van der Waals surface area contributed by atoms with Gasteiger partial charge < -0.3 is 15.8 Å². The van der Waals surface area contributed by atoms with Crippen LogP contribution >= 0.6 is 12.4 Å². The number of nitrogens with one attached hydrogen (secondary N) is 1. The van der Waals surface area contributed by atoms with Crippen molar-refractivity contribution in [3.8, 4) is 5.75 Å². The zero-order valence-corrected chi connectivity index (χ0v) is 15.4. The van der Waals surface area contributed by atoms with Gasteiger partial charge in [0.25, 0.3) is 0 Å². The summed E-state index contributed by atoms with van der Waals surface area (Å²) in [5.74, 6) is 1.29. The number of hydrogen-bond acceptors (Lipinski definition) is 3. The summed E-state index contributed by atoms with van der Waals surface area (Å²) in [6, 6.07) is 7.63. The highest BCUT2D eigenvalue weighted by Crippen LogP contribution is 2.46. The van der Waals surface area contributed by atoms with Gasteiger partial charge in [-0.05, 0) is 44.1 Å². The number of ether oxygens (including phenoxy) is 1. The summed E-state index contributed by atoms with van der Waals surface area (Å²) in [6.45, 7) is 4.18. The molecule has 1 aromatic carbocycles. The topological polar surface area (TPSA) is 64.4 Å². The lowest BCUT2D eigenvalue weighted by molar-refractivity contribution is -0.124. The zero-order valence-electron chi connectivity index (χ0n) is 14.6. The molecule has 0 saturated heterocycles. The van der Waals surface area contributed by atoms with Gasteiger partial charge in [0, 0.05) is 12.0 Å². The van der Waals surface area contributed by atoms with Crippen LogP contribution in [0.1, 0.15) is 64.0 Å². The molecule has 0 aromatic heterocycles. The second-order valence-electron chi connectivity index (χ2n) is 7.53. The van der Waals surface area contributed by atoms with Crippen molar-refractivity contribution in [2.24, 2.45) is 11.7 Å². The molecule has 3 rings (SSSR count). The minimum Gasteiger partial charge on any atom is -0.487 e. The fraction of sp³-hybridized carbons (Fsp3) is 0.632. The molecule has 1 fully saturated rings. The van der Waals surface area contributed by atoms with Crippen molar-refractivity contribution in [3.05, 3.63) is 29.8 Å². The second-order valence-corrected chi connectivity index (χ2v) is 7.53. The van der Waals surface area contributed by atoms with E-state index in [0.717, 1.165) is 30.6 Å². The normalized spacial score (nSPS) is 22.4. The molecule has 2 aliphatic rings. The Morgan fingerprint density at radius 2 is 2.00 bits per heavy atom. The Kier molecular flexibility index (Phi) is 6.16. The van der Waals surface area contributed by atoms with Crippen molar-refractivity contribution in [2.75, 3.05) is 0 Å². The van der Waals surface area contributed by atoms with Crippen molar-refractivity contribution in [2.45, 2.75) is 70.1 Å². The van der Waals surface area contributed by atoms with Gasteiger partial charge in [0.1, 0.15) is 11.4 Å². The van der Waals surface area contributed by atoms with Crippen LogP contribution in [0.25, 0.3) is 0 Å². The Labute approximate surface area is 150 Å². The van der Waals surface area contributed by atoms with E-state index >= 15 is 0 Å². The maximum atomic E-state index is 12.5. The molecular weight excluding hydrogens is 324 g/mol. The zero-order chi connectivity index (χ0) is 16.4. The Morgan fingerprint density at radius 3 is 2.67 bits per heavy atom. The van der Waals surface area contributed by atoms with Gasteiger partial charge in [-0.3, -0.25) is 4.79 Å². The van der Waals surface area contributed by atoms with Crippen molar-refractivity contribution in [3.63, 3.8) is 0 Å². The van der Waals surface area contributed by atoms with Crippen LogP contribution in [0.3, 0.4) is 0 Å². The first-order valence-corrected chi connectivity index (χ1v) is 8.83. The second kappa shape index (κ2) is 7.75. The van der Waals surface area contributed by atoms with E-state index < -0.39 is 6.04 Å². The average molecular weight is 353 g/mol. The van der Waals surface area contributed by atoms with Crippen molar-refractivity contribution < 1.29 is 9.53 Å². The van der Waals surface area contributed by atoms with Crippen molar-refractivity contribution in [1.29, 1.82) is 0 Å². The van der Waals surface area contributed by atoms with Crippen molar-refractivity contribution >= 4 is 18.3 Å². The first kappa shape index (κ1) is 19.1. The van der Waals surface area contributed by atoms with Crippen LogP contribution in [0, 0.1) is 5.92 Å². The first-order valence-electron chi connectivity index (χ1n) is 8.83. The molecule has 1 aliphatic heterocycles. The molecule has 1 amide bonds. The summed E-state index contributed by atoms with van der Waals surface area (Å²) in [5, 5.41) is 3.19. The van der Waals surface area contributed by atoms with Crippen LogP contribution in [0.15, 0.2) is 24.3 Å². The number of nitrogens with two attached hydrogens (primary N) is 1. The molecule has 1 heterocycles. The molecule has 1 spiro atoms. The van der Waals surface area contributed by atoms with Crippen LogP contribution in [0.5, 0.6) is 5.75 Å². The lowest BCUT2D eigenvalue weighted by atomic mass is 9.85. The lowest BCUT2D eigenvalue weighted by Crippen LogP contribution is -2.47. The third-order valence-corrected chi connectivity index (χ3v) is 5.09. The van der Waals surface area contributed by atoms with Gasteiger partial charge in [0.05, 0.1) is 12.1 Å². The molecule has 3 N–H and O–H groups in total. The van der Waals surface area contributed by atoms with Gasteiger partial charge >= 0.3 is 0 Å². The Morgan fingerprint density at radius 1 is 1.33 bits per heavy atom. The molecule has 0 radical (unpaired) electrons. The van der Waals surface area contributed by atoms with Crippen LogP contribution in [0.4, 0.5) is 0 Å². The molecule has 2 atom stereocenters. The van der Waals surface area contributed by atoms with E-state index in [1.807, 2.05) is 18.2 Å². The maximum absolute atomic E-state index is 12.5. The monoisotopic (exact) mass is 352 g/mol. The van der Waals surface area contributed by atoms with Gasteiger partial charge in [0.2, 0.25) is 5.91 Å². The van der Waals surface area contributed by atoms with Gasteiger partial charge in [-0.2, -0.15) is 0 Å². The predicted molar refractivity (Wildman–Crippen MR) is 98.4 cm³/mol. The number of fused-ring (bicyclic) bond motifs is 1. The highest BCUT2D eigenvalue weighted by molar-refractivity contribution is 5.85. The highest BCUT2D eigenvalue weighted by Gasteiger charge is 2.43. The highest BCUT2D eigenvalue weighted by atomic mass is 35.5. The minimum atomic E-state index is -0.440. The molecule has 4 nitrogen and oxygen atoms in total. The molecule has 1 unspecified atom stereocenters. The fourth-order valence-corrected chi connectivity index (χ4v) is 3.97. The van der Waals surface area contributed by atoms with Gasteiger partial charge in [-0.15, -0.1) is 12.4 Å². The standard InChI is InChI=1S/C19H28N2O2.ClH/c1-13(2)11-15(20)18(22)21-16-12-19(9-5-6-10-19)23-17-8-4-3-7-14(16)17;/h3-4,7-8,13,15-16H,5-6,9-12,20H2,1-2H3,(H,21,22);1H/t15-,16?;/m0./s1. The van der Waals surface area contributed by atoms with Crippen LogP contribution in [0.2, 0.25) is 0 Å². The molecule has 24 heavy (non-hydrogen) atoms. The maximum Gasteiger partial charge on any atom is 0.237 e. The summed E-state index contributed by atoms with van der Waals surface area (Å²) in [4.78, 5) is 12.5. The van der Waals surface area contributed by atoms with Gasteiger partial charge in [-0.1, -0.05) is 32.0 Å². The number of para-hydroxylation sites is 1. The van der Waals surface area contributed by atoms with Crippen LogP contribution in [-0.2, 0) is 4.79 Å². The Hall–Kier alpha value is -1.26. The number of carbonyl (C=O) groups excluding carboxylic acids is 1. The molecule has 134 valence electrons. The number of hydrogen-bond donors (Lipinski definition) is 2. The number of rotatable bonds is 4. The number of benzene rings is 1. The summed E-state index contributed by atoms with van der Waals surface area (Å²) in [5.41, 5.74) is 7.03. The van der Waals surface area contributed by atoms with E-state index in [1.165, 1.54) is 12.8 Å². The molecule has 0 bridgehead atoms. The quantitative estimate of drug-likeness (QED) is 0.867. The molecule has 1 saturated carbocycles. The number of halogens is 1. The van der Waals surface area contributed by atoms with E-state index in [4.69, 9.17) is 10.5 Å². The third-order valence-electron chi connectivity index (χ3n) is 5.09. The minimum absolute atomic E-state index is 0. The van der Waals surface area contributed by atoms with E-state index in [2.05, 4.69) is 25.2 Å². The summed E-state index contributed by atoms with van der Waals surface area (Å²) < 4.78 is 6.33. The lowest BCUT2D eigenvalue weighted by Gasteiger charge is -2.40. The third kappa shape index (κ3) is 4.04. The van der Waals surface area contributed by atoms with Gasteiger partial charge in [0.15, 0.2) is 0 Å². The van der Waals surface area contributed by atoms with E-state index in [-0.39, 0.29) is 30.0 Å². The Bertz CT molecular complexity index is 570. The van der Waals surface area contributed by atoms with E-state index in [0.29, 0.717) is 12.3 Å². The average Bonchev–Trinajstić information content (AvgIpc) is 2.94. The number of amides is 1. The molecule has 5 heteroatoms. The predicted octanol–water partition coefficient (Wildman–Crippen LogP) is 3.73. The van der Waals surface area contributed by atoms with Crippen molar-refractivity contribution in [1.82, 2.24) is 5.32 Å². The largest absolute Gasteiger partial charge is 0.487 e.